The molecule has 1 fully saturated rings. The maximum absolute atomic E-state index is 11.8. The van der Waals surface area contributed by atoms with Crippen LogP contribution >= 0.6 is 0 Å². The van der Waals surface area contributed by atoms with Crippen molar-refractivity contribution in [2.24, 2.45) is 0 Å². The lowest BCUT2D eigenvalue weighted by Gasteiger charge is -2.22. The molecular formula is C18H26N2O3. The second-order valence-electron chi connectivity index (χ2n) is 6.03. The fourth-order valence-electron chi connectivity index (χ4n) is 2.91. The van der Waals surface area contributed by atoms with E-state index in [4.69, 9.17) is 4.74 Å². The summed E-state index contributed by atoms with van der Waals surface area (Å²) in [5.74, 6) is 0.415. The van der Waals surface area contributed by atoms with Crippen molar-refractivity contribution in [2.45, 2.75) is 51.0 Å². The molecule has 1 saturated carbocycles. The van der Waals surface area contributed by atoms with Crippen molar-refractivity contribution >= 4 is 11.8 Å². The number of rotatable bonds is 7. The Morgan fingerprint density at radius 2 is 1.96 bits per heavy atom. The summed E-state index contributed by atoms with van der Waals surface area (Å²) in [7, 11) is 1.63. The van der Waals surface area contributed by atoms with Crippen LogP contribution in [-0.4, -0.2) is 31.5 Å². The van der Waals surface area contributed by atoms with E-state index in [0.717, 1.165) is 37.0 Å². The van der Waals surface area contributed by atoms with E-state index in [0.29, 0.717) is 13.0 Å². The summed E-state index contributed by atoms with van der Waals surface area (Å²) in [4.78, 5) is 23.7. The fraction of sp³-hybridized carbons (Fsp3) is 0.556. The maximum Gasteiger partial charge on any atom is 0.229 e. The zero-order valence-corrected chi connectivity index (χ0v) is 13.8. The van der Waals surface area contributed by atoms with Gasteiger partial charge in [0.15, 0.2) is 0 Å². The van der Waals surface area contributed by atoms with Gasteiger partial charge in [0, 0.05) is 12.6 Å². The van der Waals surface area contributed by atoms with Crippen molar-refractivity contribution in [3.05, 3.63) is 29.8 Å². The molecule has 5 nitrogen and oxygen atoms in total. The first-order valence-electron chi connectivity index (χ1n) is 8.36. The van der Waals surface area contributed by atoms with Gasteiger partial charge in [-0.1, -0.05) is 31.4 Å². The number of methoxy groups -OCH3 is 1. The predicted octanol–water partition coefficient (Wildman–Crippen LogP) is 2.19. The molecule has 0 aromatic heterocycles. The van der Waals surface area contributed by atoms with Crippen molar-refractivity contribution in [3.8, 4) is 5.75 Å². The van der Waals surface area contributed by atoms with Gasteiger partial charge in [0.25, 0.3) is 0 Å². The highest BCUT2D eigenvalue weighted by Crippen LogP contribution is 2.17. The highest BCUT2D eigenvalue weighted by Gasteiger charge is 2.17. The zero-order valence-electron chi connectivity index (χ0n) is 13.8. The minimum Gasteiger partial charge on any atom is -0.497 e. The number of nitrogens with one attached hydrogen (secondary N) is 2. The smallest absolute Gasteiger partial charge is 0.229 e. The first-order valence-corrected chi connectivity index (χ1v) is 8.36. The number of benzene rings is 1. The molecule has 1 aromatic carbocycles. The van der Waals surface area contributed by atoms with Gasteiger partial charge >= 0.3 is 0 Å². The quantitative estimate of drug-likeness (QED) is 0.757. The first kappa shape index (κ1) is 17.3. The number of carbonyl (C=O) groups is 2. The van der Waals surface area contributed by atoms with E-state index in [-0.39, 0.29) is 24.3 Å². The molecule has 1 aliphatic rings. The largest absolute Gasteiger partial charge is 0.497 e. The lowest BCUT2D eigenvalue weighted by Crippen LogP contribution is -2.39. The first-order chi connectivity index (χ1) is 11.2. The number of ether oxygens (including phenoxy) is 1. The highest BCUT2D eigenvalue weighted by atomic mass is 16.5. The van der Waals surface area contributed by atoms with Crippen LogP contribution in [0.3, 0.4) is 0 Å². The second-order valence-corrected chi connectivity index (χ2v) is 6.03. The van der Waals surface area contributed by atoms with Gasteiger partial charge < -0.3 is 15.4 Å². The molecule has 0 bridgehead atoms. The van der Waals surface area contributed by atoms with Crippen molar-refractivity contribution in [1.82, 2.24) is 10.6 Å². The van der Waals surface area contributed by atoms with Gasteiger partial charge in [0.1, 0.15) is 12.2 Å². The Balaban J connectivity index is 1.65. The SMILES string of the molecule is COc1cccc(CCNC(=O)CC(=O)NC2CCCCC2)c1. The predicted molar refractivity (Wildman–Crippen MR) is 89.3 cm³/mol. The Hall–Kier alpha value is -2.04. The van der Waals surface area contributed by atoms with Crippen molar-refractivity contribution in [3.63, 3.8) is 0 Å². The Bertz CT molecular complexity index is 525. The summed E-state index contributed by atoms with van der Waals surface area (Å²) in [5, 5.41) is 5.75. The van der Waals surface area contributed by atoms with Crippen molar-refractivity contribution < 1.29 is 14.3 Å². The molecule has 2 rings (SSSR count). The molecule has 0 unspecified atom stereocenters. The standard InChI is InChI=1S/C18H26N2O3/c1-23-16-9-5-6-14(12-16)10-11-19-17(21)13-18(22)20-15-7-3-2-4-8-15/h5-6,9,12,15H,2-4,7-8,10-11,13H2,1H3,(H,19,21)(H,20,22). The van der Waals surface area contributed by atoms with Crippen LogP contribution in [0, 0.1) is 0 Å². The maximum atomic E-state index is 11.8. The molecule has 1 aliphatic carbocycles. The summed E-state index contributed by atoms with van der Waals surface area (Å²) in [5.41, 5.74) is 1.09. The van der Waals surface area contributed by atoms with E-state index in [1.54, 1.807) is 7.11 Å². The number of amides is 2. The summed E-state index contributed by atoms with van der Waals surface area (Å²) in [6, 6.07) is 8.00. The third kappa shape index (κ3) is 6.30. The van der Waals surface area contributed by atoms with Gasteiger partial charge in [-0.15, -0.1) is 0 Å². The molecule has 1 aromatic rings. The molecule has 0 spiro atoms. The molecule has 23 heavy (non-hydrogen) atoms. The average Bonchev–Trinajstić information content (AvgIpc) is 2.56. The molecule has 0 atom stereocenters. The van der Waals surface area contributed by atoms with E-state index in [9.17, 15) is 9.59 Å². The molecule has 0 saturated heterocycles. The highest BCUT2D eigenvalue weighted by molar-refractivity contribution is 5.96. The van der Waals surface area contributed by atoms with E-state index in [1.165, 1.54) is 6.42 Å². The van der Waals surface area contributed by atoms with Crippen LogP contribution in [-0.2, 0) is 16.0 Å². The Morgan fingerprint density at radius 3 is 2.70 bits per heavy atom. The van der Waals surface area contributed by atoms with E-state index in [1.807, 2.05) is 24.3 Å². The second kappa shape index (κ2) is 9.18. The summed E-state index contributed by atoms with van der Waals surface area (Å²) in [6.07, 6.45) is 6.26. The molecular weight excluding hydrogens is 292 g/mol. The van der Waals surface area contributed by atoms with Crippen molar-refractivity contribution in [1.29, 1.82) is 0 Å². The van der Waals surface area contributed by atoms with Crippen LogP contribution < -0.4 is 15.4 Å². The normalized spacial score (nSPS) is 15.0. The van der Waals surface area contributed by atoms with Gasteiger partial charge in [-0.25, -0.2) is 0 Å². The minimum absolute atomic E-state index is 0.0887. The van der Waals surface area contributed by atoms with Gasteiger partial charge in [-0.2, -0.15) is 0 Å². The van der Waals surface area contributed by atoms with Gasteiger partial charge in [-0.3, -0.25) is 9.59 Å². The monoisotopic (exact) mass is 318 g/mol. The summed E-state index contributed by atoms with van der Waals surface area (Å²) < 4.78 is 5.17. The molecule has 0 heterocycles. The van der Waals surface area contributed by atoms with E-state index >= 15 is 0 Å². The Morgan fingerprint density at radius 1 is 1.17 bits per heavy atom. The number of carbonyl (C=O) groups excluding carboxylic acids is 2. The number of hydrogen-bond donors (Lipinski definition) is 2. The Kier molecular flexibility index (Phi) is 6.91. The molecule has 5 heteroatoms. The Labute approximate surface area is 137 Å². The third-order valence-corrected chi connectivity index (χ3v) is 4.16. The van der Waals surface area contributed by atoms with Crippen LogP contribution in [0.2, 0.25) is 0 Å². The topological polar surface area (TPSA) is 67.4 Å². The van der Waals surface area contributed by atoms with Crippen LogP contribution in [0.5, 0.6) is 5.75 Å². The summed E-state index contributed by atoms with van der Waals surface area (Å²) >= 11 is 0. The third-order valence-electron chi connectivity index (χ3n) is 4.16. The molecule has 2 N–H and O–H groups in total. The van der Waals surface area contributed by atoms with Crippen LogP contribution in [0.4, 0.5) is 0 Å². The van der Waals surface area contributed by atoms with Crippen LogP contribution in [0.1, 0.15) is 44.1 Å². The van der Waals surface area contributed by atoms with Crippen LogP contribution in [0.15, 0.2) is 24.3 Å². The summed E-state index contributed by atoms with van der Waals surface area (Å²) in [6.45, 7) is 0.517. The molecule has 2 amide bonds. The fourth-order valence-corrected chi connectivity index (χ4v) is 2.91. The lowest BCUT2D eigenvalue weighted by atomic mass is 9.95. The lowest BCUT2D eigenvalue weighted by molar-refractivity contribution is -0.129. The van der Waals surface area contributed by atoms with Crippen LogP contribution in [0.25, 0.3) is 0 Å². The van der Waals surface area contributed by atoms with E-state index < -0.39 is 0 Å². The molecule has 0 aliphatic heterocycles. The van der Waals surface area contributed by atoms with Gasteiger partial charge in [0.05, 0.1) is 7.11 Å². The van der Waals surface area contributed by atoms with Gasteiger partial charge in [-0.05, 0) is 37.0 Å². The molecule has 126 valence electrons. The average molecular weight is 318 g/mol. The van der Waals surface area contributed by atoms with Gasteiger partial charge in [0.2, 0.25) is 11.8 Å². The minimum atomic E-state index is -0.221. The van der Waals surface area contributed by atoms with Crippen molar-refractivity contribution in [2.75, 3.05) is 13.7 Å². The van der Waals surface area contributed by atoms with E-state index in [2.05, 4.69) is 10.6 Å². The molecule has 0 radical (unpaired) electrons. The number of hydrogen-bond acceptors (Lipinski definition) is 3. The zero-order chi connectivity index (χ0) is 16.5.